The third-order valence-corrected chi connectivity index (χ3v) is 4.24. The number of methoxy groups -OCH3 is 1. The van der Waals surface area contributed by atoms with Crippen LogP contribution in [0.2, 0.25) is 0 Å². The maximum absolute atomic E-state index is 11.8. The third kappa shape index (κ3) is 5.01. The van der Waals surface area contributed by atoms with Crippen LogP contribution in [0.25, 0.3) is 0 Å². The van der Waals surface area contributed by atoms with E-state index in [4.69, 9.17) is 9.47 Å². The number of aryl methyl sites for hydroxylation is 1. The van der Waals surface area contributed by atoms with E-state index in [9.17, 15) is 4.79 Å². The van der Waals surface area contributed by atoms with Gasteiger partial charge in [-0.15, -0.1) is 0 Å². The predicted octanol–water partition coefficient (Wildman–Crippen LogP) is 1.85. The van der Waals surface area contributed by atoms with Gasteiger partial charge in [0.25, 0.3) is 0 Å². The lowest BCUT2D eigenvalue weighted by molar-refractivity contribution is 0.0914. The SMILES string of the molecule is CCOC(=O)N1CCN(C(=NC)NCc2ccc(C)c(OC)c2)CC1. The van der Waals surface area contributed by atoms with E-state index >= 15 is 0 Å². The van der Waals surface area contributed by atoms with Crippen molar-refractivity contribution in [2.75, 3.05) is 46.9 Å². The maximum atomic E-state index is 11.8. The molecule has 0 saturated carbocycles. The Balaban J connectivity index is 1.88. The van der Waals surface area contributed by atoms with Crippen LogP contribution in [-0.4, -0.2) is 68.8 Å². The number of guanidine groups is 1. The largest absolute Gasteiger partial charge is 0.496 e. The number of piperazine rings is 1. The highest BCUT2D eigenvalue weighted by atomic mass is 16.6. The Morgan fingerprint density at radius 3 is 2.52 bits per heavy atom. The quantitative estimate of drug-likeness (QED) is 0.664. The Kier molecular flexibility index (Phi) is 6.91. The van der Waals surface area contributed by atoms with Crippen LogP contribution < -0.4 is 10.1 Å². The number of aliphatic imine (C=N–C) groups is 1. The number of carbonyl (C=O) groups excluding carboxylic acids is 1. The molecule has 138 valence electrons. The lowest BCUT2D eigenvalue weighted by Gasteiger charge is -2.35. The zero-order valence-electron chi connectivity index (χ0n) is 15.5. The first kappa shape index (κ1) is 18.9. The second-order valence-corrected chi connectivity index (χ2v) is 5.88. The fourth-order valence-electron chi connectivity index (χ4n) is 2.80. The number of amides is 1. The van der Waals surface area contributed by atoms with Gasteiger partial charge in [-0.2, -0.15) is 0 Å². The molecule has 7 heteroatoms. The minimum atomic E-state index is -0.239. The molecule has 2 rings (SSSR count). The zero-order valence-corrected chi connectivity index (χ0v) is 15.5. The summed E-state index contributed by atoms with van der Waals surface area (Å²) in [5.41, 5.74) is 2.25. The molecule has 1 aliphatic rings. The van der Waals surface area contributed by atoms with Crippen molar-refractivity contribution in [3.63, 3.8) is 0 Å². The van der Waals surface area contributed by atoms with E-state index in [-0.39, 0.29) is 6.09 Å². The summed E-state index contributed by atoms with van der Waals surface area (Å²) >= 11 is 0. The molecule has 0 unspecified atom stereocenters. The van der Waals surface area contributed by atoms with Crippen LogP contribution in [0.15, 0.2) is 23.2 Å². The summed E-state index contributed by atoms with van der Waals surface area (Å²) in [6.45, 7) is 7.66. The van der Waals surface area contributed by atoms with E-state index in [1.807, 2.05) is 19.9 Å². The molecule has 1 heterocycles. The zero-order chi connectivity index (χ0) is 18.2. The minimum absolute atomic E-state index is 0.239. The lowest BCUT2D eigenvalue weighted by atomic mass is 10.1. The highest BCUT2D eigenvalue weighted by molar-refractivity contribution is 5.80. The van der Waals surface area contributed by atoms with Crippen molar-refractivity contribution in [2.45, 2.75) is 20.4 Å². The highest BCUT2D eigenvalue weighted by Crippen LogP contribution is 2.18. The molecule has 0 spiro atoms. The van der Waals surface area contributed by atoms with Gasteiger partial charge in [0, 0.05) is 39.8 Å². The molecule has 1 fully saturated rings. The summed E-state index contributed by atoms with van der Waals surface area (Å²) in [5.74, 6) is 1.72. The van der Waals surface area contributed by atoms with Gasteiger partial charge >= 0.3 is 6.09 Å². The molecular weight excluding hydrogens is 320 g/mol. The number of nitrogens with zero attached hydrogens (tertiary/aromatic N) is 3. The van der Waals surface area contributed by atoms with E-state index in [0.29, 0.717) is 26.2 Å². The molecule has 0 aromatic heterocycles. The number of carbonyl (C=O) groups is 1. The molecule has 25 heavy (non-hydrogen) atoms. The average molecular weight is 348 g/mol. The summed E-state index contributed by atoms with van der Waals surface area (Å²) in [6, 6.07) is 6.17. The average Bonchev–Trinajstić information content (AvgIpc) is 2.64. The predicted molar refractivity (Wildman–Crippen MR) is 98.1 cm³/mol. The second-order valence-electron chi connectivity index (χ2n) is 5.88. The minimum Gasteiger partial charge on any atom is -0.496 e. The molecule has 1 saturated heterocycles. The van der Waals surface area contributed by atoms with Crippen LogP contribution in [0.1, 0.15) is 18.1 Å². The molecule has 1 aromatic rings. The van der Waals surface area contributed by atoms with E-state index in [2.05, 4.69) is 27.3 Å². The van der Waals surface area contributed by atoms with Crippen LogP contribution in [0, 0.1) is 6.92 Å². The van der Waals surface area contributed by atoms with Gasteiger partial charge < -0.3 is 24.6 Å². The van der Waals surface area contributed by atoms with Crippen LogP contribution in [0.3, 0.4) is 0 Å². The first-order valence-corrected chi connectivity index (χ1v) is 8.59. The van der Waals surface area contributed by atoms with Gasteiger partial charge in [-0.25, -0.2) is 4.79 Å². The third-order valence-electron chi connectivity index (χ3n) is 4.24. The number of ether oxygens (including phenoxy) is 2. The van der Waals surface area contributed by atoms with Gasteiger partial charge in [-0.1, -0.05) is 12.1 Å². The van der Waals surface area contributed by atoms with Gasteiger partial charge in [-0.05, 0) is 31.0 Å². The number of benzene rings is 1. The monoisotopic (exact) mass is 348 g/mol. The fourth-order valence-corrected chi connectivity index (χ4v) is 2.80. The normalized spacial score (nSPS) is 15.1. The summed E-state index contributed by atoms with van der Waals surface area (Å²) in [4.78, 5) is 20.0. The molecule has 1 amide bonds. The lowest BCUT2D eigenvalue weighted by Crippen LogP contribution is -2.53. The fraction of sp³-hybridized carbons (Fsp3) is 0.556. The summed E-state index contributed by atoms with van der Waals surface area (Å²) in [5, 5.41) is 3.38. The Hall–Kier alpha value is -2.44. The Morgan fingerprint density at radius 1 is 1.24 bits per heavy atom. The molecule has 0 atom stereocenters. The van der Waals surface area contributed by atoms with Crippen molar-refractivity contribution in [1.29, 1.82) is 0 Å². The molecule has 0 bridgehead atoms. The van der Waals surface area contributed by atoms with E-state index < -0.39 is 0 Å². The Morgan fingerprint density at radius 2 is 1.92 bits per heavy atom. The maximum Gasteiger partial charge on any atom is 0.409 e. The Labute approximate surface area is 149 Å². The van der Waals surface area contributed by atoms with Gasteiger partial charge in [0.1, 0.15) is 5.75 Å². The standard InChI is InChI=1S/C18H28N4O3/c1-5-25-18(23)22-10-8-21(9-11-22)17(19-3)20-13-15-7-6-14(2)16(12-15)24-4/h6-7,12H,5,8-11,13H2,1-4H3,(H,19,20). The molecular formula is C18H28N4O3. The molecule has 7 nitrogen and oxygen atoms in total. The van der Waals surface area contributed by atoms with Gasteiger partial charge in [0.2, 0.25) is 0 Å². The number of rotatable bonds is 4. The van der Waals surface area contributed by atoms with E-state index in [0.717, 1.165) is 35.9 Å². The summed E-state index contributed by atoms with van der Waals surface area (Å²) in [6.07, 6.45) is -0.239. The smallest absolute Gasteiger partial charge is 0.409 e. The van der Waals surface area contributed by atoms with Crippen molar-refractivity contribution in [2.24, 2.45) is 4.99 Å². The number of nitrogens with one attached hydrogen (secondary N) is 1. The van der Waals surface area contributed by atoms with Gasteiger partial charge in [0.15, 0.2) is 5.96 Å². The molecule has 0 radical (unpaired) electrons. The topological polar surface area (TPSA) is 66.4 Å². The molecule has 1 aromatic carbocycles. The van der Waals surface area contributed by atoms with Gasteiger partial charge in [-0.3, -0.25) is 4.99 Å². The second kappa shape index (κ2) is 9.15. The summed E-state index contributed by atoms with van der Waals surface area (Å²) < 4.78 is 10.4. The highest BCUT2D eigenvalue weighted by Gasteiger charge is 2.23. The van der Waals surface area contributed by atoms with Crippen molar-refractivity contribution >= 4 is 12.1 Å². The molecule has 1 aliphatic heterocycles. The number of hydrogen-bond donors (Lipinski definition) is 1. The number of hydrogen-bond acceptors (Lipinski definition) is 4. The van der Waals surface area contributed by atoms with Crippen LogP contribution >= 0.6 is 0 Å². The molecule has 0 aliphatic carbocycles. The van der Waals surface area contributed by atoms with E-state index in [1.54, 1.807) is 19.1 Å². The van der Waals surface area contributed by atoms with Crippen LogP contribution in [0.5, 0.6) is 5.75 Å². The molecule has 1 N–H and O–H groups in total. The van der Waals surface area contributed by atoms with Crippen molar-refractivity contribution < 1.29 is 14.3 Å². The van der Waals surface area contributed by atoms with Crippen LogP contribution in [-0.2, 0) is 11.3 Å². The Bertz CT molecular complexity index is 610. The van der Waals surface area contributed by atoms with E-state index in [1.165, 1.54) is 0 Å². The van der Waals surface area contributed by atoms with Crippen molar-refractivity contribution in [1.82, 2.24) is 15.1 Å². The first-order chi connectivity index (χ1) is 12.1. The summed E-state index contributed by atoms with van der Waals surface area (Å²) in [7, 11) is 3.46. The first-order valence-electron chi connectivity index (χ1n) is 8.59. The van der Waals surface area contributed by atoms with Crippen molar-refractivity contribution in [3.8, 4) is 5.75 Å². The van der Waals surface area contributed by atoms with Crippen LogP contribution in [0.4, 0.5) is 4.79 Å². The van der Waals surface area contributed by atoms with Gasteiger partial charge in [0.05, 0.1) is 13.7 Å². The van der Waals surface area contributed by atoms with Crippen molar-refractivity contribution in [3.05, 3.63) is 29.3 Å².